The van der Waals surface area contributed by atoms with Crippen molar-refractivity contribution >= 4 is 59.0 Å². The van der Waals surface area contributed by atoms with Gasteiger partial charge in [0.15, 0.2) is 6.10 Å². The molecule has 728 valence electrons. The molecule has 0 aromatic heterocycles. The first kappa shape index (κ1) is 115. The van der Waals surface area contributed by atoms with Gasteiger partial charge >= 0.3 is 6.03 Å². The smallest absolute Gasteiger partial charge is 0.312 e. The maximum absolute atomic E-state index is 13.6. The van der Waals surface area contributed by atoms with Gasteiger partial charge in [-0.05, 0) is 49.3 Å². The van der Waals surface area contributed by atoms with Gasteiger partial charge in [0.25, 0.3) is 17.7 Å². The van der Waals surface area contributed by atoms with E-state index in [2.05, 4.69) is 31.9 Å². The summed E-state index contributed by atoms with van der Waals surface area (Å²) < 4.78 is 66.2. The van der Waals surface area contributed by atoms with E-state index < -0.39 is 166 Å². The number of urea groups is 1. The minimum absolute atomic E-state index is 0.00345. The van der Waals surface area contributed by atoms with Crippen molar-refractivity contribution in [1.82, 2.24) is 41.3 Å². The van der Waals surface area contributed by atoms with Crippen LogP contribution in [0.1, 0.15) is 76.9 Å². The van der Waals surface area contributed by atoms with Crippen molar-refractivity contribution in [2.75, 3.05) is 243 Å². The van der Waals surface area contributed by atoms with Gasteiger partial charge in [-0.3, -0.25) is 48.2 Å². The van der Waals surface area contributed by atoms with Crippen molar-refractivity contribution in [2.45, 2.75) is 157 Å². The number of benzene rings is 1. The van der Waals surface area contributed by atoms with Crippen LogP contribution in [-0.2, 0) is 95.2 Å². The SMILES string of the molecule is CC(C)[C@H](NC(=O)CCCCCN1C(=O)C=CC1=O)C(=O)N[C@@H](CCCNC(N)=O)C(=O)Nc1ccc(C(O)C(=O)NCCNC(=O)CCOCCOCCOCCOCCOCCOCCN(C[C@H](O)[C@@H](O)[C@H](O)[C@H](O)CO)C(=O)CCOCCOCCOCCOCCOCCOCCN(C[C@H](O)[C@@H](O)[C@H](O)[C@H](O)CO)C[C@H](O)[C@@H](O)[C@H](O)[C@H](O)CO)cc1. The number of aliphatic hydroxyl groups is 16. The number of unbranched alkanes of at least 4 members (excludes halogenated alkanes) is 2. The van der Waals surface area contributed by atoms with Gasteiger partial charge in [0.1, 0.15) is 73.1 Å². The molecule has 47 nitrogen and oxygen atoms in total. The Balaban J connectivity index is 1.54. The molecule has 1 unspecified atom stereocenters. The molecule has 0 fully saturated rings. The highest BCUT2D eigenvalue weighted by Crippen LogP contribution is 2.19. The average molecular weight is 1820 g/mol. The molecule has 1 aliphatic rings. The zero-order valence-electron chi connectivity index (χ0n) is 72.0. The van der Waals surface area contributed by atoms with E-state index in [-0.39, 0.29) is 265 Å². The zero-order valence-corrected chi connectivity index (χ0v) is 72.0. The first-order chi connectivity index (χ1) is 60.4. The third-order valence-electron chi connectivity index (χ3n) is 18.9. The molecule has 1 aromatic rings. The second-order valence-corrected chi connectivity index (χ2v) is 29.3. The number of nitrogens with zero attached hydrogens (tertiary/aromatic N) is 3. The molecule has 1 heterocycles. The maximum atomic E-state index is 13.6. The molecule has 0 bridgehead atoms. The molecular formula is C79H140N10O37. The largest absolute Gasteiger partial charge is 0.394 e. The van der Waals surface area contributed by atoms with E-state index in [9.17, 15) is 115 Å². The first-order valence-corrected chi connectivity index (χ1v) is 42.1. The Morgan fingerprint density at radius 3 is 1.21 bits per heavy atom. The molecule has 1 aromatic carbocycles. The minimum atomic E-state index is -1.93. The molecule has 47 heteroatoms. The van der Waals surface area contributed by atoms with Crippen molar-refractivity contribution in [3.63, 3.8) is 0 Å². The van der Waals surface area contributed by atoms with Gasteiger partial charge in [0.2, 0.25) is 29.5 Å². The third-order valence-corrected chi connectivity index (χ3v) is 18.9. The molecule has 0 aliphatic carbocycles. The number of carbonyl (C=O) groups is 9. The van der Waals surface area contributed by atoms with Gasteiger partial charge in [0, 0.05) is 89.6 Å². The Kier molecular flexibility index (Phi) is 64.7. The highest BCUT2D eigenvalue weighted by molar-refractivity contribution is 6.12. The number of rotatable bonds is 81. The molecule has 15 atom stereocenters. The summed E-state index contributed by atoms with van der Waals surface area (Å²) in [5, 5.41) is 176. The third kappa shape index (κ3) is 52.0. The molecule has 2 rings (SSSR count). The lowest BCUT2D eigenvalue weighted by atomic mass is 10.0. The van der Waals surface area contributed by atoms with Crippen LogP contribution in [0.4, 0.5) is 10.5 Å². The molecule has 0 saturated heterocycles. The predicted molar refractivity (Wildman–Crippen MR) is 441 cm³/mol. The number of carbonyl (C=O) groups excluding carboxylic acids is 9. The molecule has 10 amide bonds. The first-order valence-electron chi connectivity index (χ1n) is 42.1. The number of hydrogen-bond acceptors (Lipinski definition) is 38. The van der Waals surface area contributed by atoms with Gasteiger partial charge in [-0.2, -0.15) is 0 Å². The van der Waals surface area contributed by atoms with E-state index in [0.29, 0.717) is 19.3 Å². The standard InChI is InChI=1S/C79H140N10O37/c1-53(2)68(86-64(100)8-4-3-5-20-89-66(102)13-14-67(89)103)77(112)85-56(7-6-17-83-79(80)114)76(111)84-55-11-9-54(10-12-55)69(104)78(113)82-19-18-81-63(99)15-23-115-27-31-119-35-39-123-43-46-126-42-38-122-34-30-118-26-22-88(49-59(95)72(107)75(110)62(98)52-92)65(101)16-24-116-28-32-120-36-40-124-44-45-125-41-37-121-33-29-117-25-21-87(47-57(93)70(105)73(108)60(96)50-90)48-58(94)71(106)74(109)61(97)51-91/h9-14,53,56-62,68-75,90-98,104-110H,3-8,15-52H2,1-2H3,(H,81,99)(H,82,113)(H,84,111)(H,85,112)(H,86,100)(H3,80,83,114)/t56-,57-,58-,59-,60+,61+,62+,68-,69?,70+,71+,72+,73+,74+,75+/m0/s1. The summed E-state index contributed by atoms with van der Waals surface area (Å²) in [5.41, 5.74) is 5.64. The van der Waals surface area contributed by atoms with Crippen molar-refractivity contribution in [3.8, 4) is 0 Å². The number of nitrogens with two attached hydrogens (primary N) is 1. The van der Waals surface area contributed by atoms with Crippen molar-refractivity contribution in [2.24, 2.45) is 11.7 Å². The fraction of sp³-hybridized carbons (Fsp3) is 0.785. The van der Waals surface area contributed by atoms with Gasteiger partial charge in [-0.1, -0.05) is 32.4 Å². The number of nitrogens with one attached hydrogen (secondary N) is 6. The quantitative estimate of drug-likeness (QED) is 0.0213. The van der Waals surface area contributed by atoms with Crippen molar-refractivity contribution in [3.05, 3.63) is 42.0 Å². The predicted octanol–water partition coefficient (Wildman–Crippen LogP) is -10.1. The normalized spacial score (nSPS) is 16.0. The Labute approximate surface area is 732 Å². The Morgan fingerprint density at radius 2 is 0.786 bits per heavy atom. The topological polar surface area (TPSA) is 696 Å². The van der Waals surface area contributed by atoms with E-state index in [1.54, 1.807) is 13.8 Å². The molecule has 0 radical (unpaired) electrons. The number of primary amides is 1. The van der Waals surface area contributed by atoms with Crippen LogP contribution in [0, 0.1) is 5.92 Å². The van der Waals surface area contributed by atoms with E-state index in [1.807, 2.05) is 0 Å². The fourth-order valence-electron chi connectivity index (χ4n) is 11.5. The highest BCUT2D eigenvalue weighted by atomic mass is 16.6. The molecule has 126 heavy (non-hydrogen) atoms. The lowest BCUT2D eigenvalue weighted by Gasteiger charge is -2.33. The highest BCUT2D eigenvalue weighted by Gasteiger charge is 2.37. The summed E-state index contributed by atoms with van der Waals surface area (Å²) >= 11 is 0. The van der Waals surface area contributed by atoms with Crippen LogP contribution in [-0.4, -0.2) is 472 Å². The second kappa shape index (κ2) is 70.9. The van der Waals surface area contributed by atoms with E-state index in [0.717, 1.165) is 4.90 Å². The van der Waals surface area contributed by atoms with E-state index >= 15 is 0 Å². The number of anilines is 1. The van der Waals surface area contributed by atoms with E-state index in [4.69, 9.17) is 72.8 Å². The van der Waals surface area contributed by atoms with Crippen LogP contribution >= 0.6 is 0 Å². The lowest BCUT2D eigenvalue weighted by Crippen LogP contribution is -2.54. The summed E-state index contributed by atoms with van der Waals surface area (Å²) in [4.78, 5) is 117. The summed E-state index contributed by atoms with van der Waals surface area (Å²) in [6, 6.07) is 2.80. The van der Waals surface area contributed by atoms with Crippen molar-refractivity contribution in [1.29, 1.82) is 0 Å². The Morgan fingerprint density at radius 1 is 0.397 bits per heavy atom. The van der Waals surface area contributed by atoms with Crippen LogP contribution in [0.25, 0.3) is 0 Å². The van der Waals surface area contributed by atoms with Crippen molar-refractivity contribution < 1.29 is 182 Å². The summed E-state index contributed by atoms with van der Waals surface area (Å²) in [5.74, 6) is -4.40. The van der Waals surface area contributed by atoms with Crippen LogP contribution in [0.15, 0.2) is 36.4 Å². The number of amides is 10. The van der Waals surface area contributed by atoms with Gasteiger partial charge < -0.3 is 181 Å². The monoisotopic (exact) mass is 1820 g/mol. The summed E-state index contributed by atoms with van der Waals surface area (Å²) in [7, 11) is 0. The summed E-state index contributed by atoms with van der Waals surface area (Å²) in [6.45, 7) is 4.10. The van der Waals surface area contributed by atoms with Crippen LogP contribution < -0.4 is 37.6 Å². The number of ether oxygens (including phenoxy) is 12. The average Bonchev–Trinajstić information content (AvgIpc) is 1.14. The minimum Gasteiger partial charge on any atom is -0.394 e. The van der Waals surface area contributed by atoms with Crippen LogP contribution in [0.3, 0.4) is 0 Å². The van der Waals surface area contributed by atoms with Gasteiger partial charge in [-0.15, -0.1) is 0 Å². The number of hydrogen-bond donors (Lipinski definition) is 23. The number of imide groups is 1. The zero-order chi connectivity index (χ0) is 93.4. The lowest BCUT2D eigenvalue weighted by molar-refractivity contribution is -0.142. The summed E-state index contributed by atoms with van der Waals surface area (Å²) in [6.07, 6.45) is -19.4. The molecule has 0 saturated carbocycles. The van der Waals surface area contributed by atoms with Crippen LogP contribution in [0.2, 0.25) is 0 Å². The molecule has 1 aliphatic heterocycles. The van der Waals surface area contributed by atoms with Crippen LogP contribution in [0.5, 0.6) is 0 Å². The molecule has 24 N–H and O–H groups in total. The molecule has 0 spiro atoms. The Hall–Kier alpha value is -6.97. The second-order valence-electron chi connectivity index (χ2n) is 29.3. The molecular weight excluding hydrogens is 1680 g/mol. The fourth-order valence-corrected chi connectivity index (χ4v) is 11.5. The number of aliphatic hydroxyl groups excluding tert-OH is 16. The van der Waals surface area contributed by atoms with Gasteiger partial charge in [-0.25, -0.2) is 4.79 Å². The van der Waals surface area contributed by atoms with E-state index in [1.165, 1.54) is 46.2 Å². The maximum Gasteiger partial charge on any atom is 0.312 e. The Bertz CT molecular complexity index is 3080. The van der Waals surface area contributed by atoms with Gasteiger partial charge in [0.05, 0.1) is 197 Å².